The minimum Gasteiger partial charge on any atom is -0.462 e. The fourth-order valence-electron chi connectivity index (χ4n) is 8.32. The predicted octanol–water partition coefficient (Wildman–Crippen LogP) is 18.2. The van der Waals surface area contributed by atoms with E-state index in [9.17, 15) is 14.4 Å². The molecule has 6 nitrogen and oxygen atoms in total. The second-order valence-corrected chi connectivity index (χ2v) is 18.9. The Morgan fingerprint density at radius 1 is 0.306 bits per heavy atom. The number of hydrogen-bond acceptors (Lipinski definition) is 6. The number of carbonyl (C=O) groups excluding carboxylic acids is 3. The highest BCUT2D eigenvalue weighted by atomic mass is 16.6. The van der Waals surface area contributed by atoms with Gasteiger partial charge >= 0.3 is 17.9 Å². The van der Waals surface area contributed by atoms with Crippen molar-refractivity contribution in [3.8, 4) is 0 Å². The topological polar surface area (TPSA) is 78.9 Å². The lowest BCUT2D eigenvalue weighted by molar-refractivity contribution is -0.167. The minimum absolute atomic E-state index is 0.0677. The highest BCUT2D eigenvalue weighted by Gasteiger charge is 2.19. The number of esters is 3. The molecule has 1 unspecified atom stereocenters. The maximum atomic E-state index is 12.8. The average Bonchev–Trinajstić information content (AvgIpc) is 3.27. The lowest BCUT2D eigenvalue weighted by Crippen LogP contribution is -2.30. The van der Waals surface area contributed by atoms with Crippen LogP contribution >= 0.6 is 0 Å². The summed E-state index contributed by atoms with van der Waals surface area (Å²) in [6.07, 6.45) is 57.7. The molecule has 6 heteroatoms. The van der Waals surface area contributed by atoms with Gasteiger partial charge in [-0.25, -0.2) is 0 Å². The van der Waals surface area contributed by atoms with Gasteiger partial charge in [0, 0.05) is 19.3 Å². The maximum Gasteiger partial charge on any atom is 0.306 e. The standard InChI is InChI=1S/C56H106O6/c1-4-7-10-13-16-19-22-25-26-27-28-29-32-34-37-40-43-46-49-55(58)61-52-53(62-56(59)50-47-44-41-38-35-31-24-21-18-15-12-9-6-3)51-60-54(57)48-45-42-39-36-33-30-23-20-17-14-11-8-5-2/h21,24,53H,4-20,22-23,25-52H2,1-3H3/b24-21-. The fourth-order valence-corrected chi connectivity index (χ4v) is 8.32. The maximum absolute atomic E-state index is 12.8. The van der Waals surface area contributed by atoms with Gasteiger partial charge in [0.05, 0.1) is 0 Å². The van der Waals surface area contributed by atoms with E-state index in [0.29, 0.717) is 19.3 Å². The Balaban J connectivity index is 4.29. The molecule has 0 bridgehead atoms. The largest absolute Gasteiger partial charge is 0.462 e. The lowest BCUT2D eigenvalue weighted by atomic mass is 10.0. The molecule has 0 rings (SSSR count). The lowest BCUT2D eigenvalue weighted by Gasteiger charge is -2.18. The third kappa shape index (κ3) is 49.2. The average molecular weight is 875 g/mol. The van der Waals surface area contributed by atoms with E-state index in [0.717, 1.165) is 64.2 Å². The monoisotopic (exact) mass is 875 g/mol. The van der Waals surface area contributed by atoms with E-state index in [-0.39, 0.29) is 31.1 Å². The first kappa shape index (κ1) is 60.2. The first-order valence-electron chi connectivity index (χ1n) is 27.7. The van der Waals surface area contributed by atoms with Gasteiger partial charge in [0.15, 0.2) is 6.10 Å². The highest BCUT2D eigenvalue weighted by Crippen LogP contribution is 2.17. The minimum atomic E-state index is -0.767. The molecule has 0 aromatic rings. The van der Waals surface area contributed by atoms with Crippen molar-refractivity contribution in [2.24, 2.45) is 0 Å². The molecule has 62 heavy (non-hydrogen) atoms. The summed E-state index contributed by atoms with van der Waals surface area (Å²) in [5.74, 6) is -0.856. The van der Waals surface area contributed by atoms with E-state index in [4.69, 9.17) is 14.2 Å². The van der Waals surface area contributed by atoms with Crippen molar-refractivity contribution >= 4 is 17.9 Å². The van der Waals surface area contributed by atoms with Crippen LogP contribution in [0.3, 0.4) is 0 Å². The zero-order valence-corrected chi connectivity index (χ0v) is 41.9. The summed E-state index contributed by atoms with van der Waals surface area (Å²) in [7, 11) is 0. The summed E-state index contributed by atoms with van der Waals surface area (Å²) in [6.45, 7) is 6.66. The number of allylic oxidation sites excluding steroid dienone is 2. The van der Waals surface area contributed by atoms with Gasteiger partial charge in [0.2, 0.25) is 0 Å². The van der Waals surface area contributed by atoms with Gasteiger partial charge in [0.25, 0.3) is 0 Å². The van der Waals surface area contributed by atoms with Crippen molar-refractivity contribution in [2.75, 3.05) is 13.2 Å². The number of rotatable bonds is 51. The second-order valence-electron chi connectivity index (χ2n) is 18.9. The van der Waals surface area contributed by atoms with E-state index in [1.165, 1.54) is 205 Å². The Hall–Kier alpha value is -1.85. The van der Waals surface area contributed by atoms with Gasteiger partial charge in [-0.05, 0) is 44.9 Å². The summed E-state index contributed by atoms with van der Waals surface area (Å²) in [5, 5.41) is 0. The first-order chi connectivity index (χ1) is 30.5. The van der Waals surface area contributed by atoms with Gasteiger partial charge < -0.3 is 14.2 Å². The van der Waals surface area contributed by atoms with Crippen molar-refractivity contribution in [1.29, 1.82) is 0 Å². The molecule has 0 spiro atoms. The third-order valence-corrected chi connectivity index (χ3v) is 12.5. The first-order valence-corrected chi connectivity index (χ1v) is 27.7. The SMILES string of the molecule is CCCCCC/C=C\CCCCCCCC(=O)OC(COC(=O)CCCCCCCCCCCCCCC)COC(=O)CCCCCCCCCCCCCCCCCCCC. The Bertz CT molecular complexity index is 962. The summed E-state index contributed by atoms with van der Waals surface area (Å²) in [5.41, 5.74) is 0. The zero-order valence-electron chi connectivity index (χ0n) is 41.9. The Morgan fingerprint density at radius 2 is 0.532 bits per heavy atom. The van der Waals surface area contributed by atoms with Gasteiger partial charge in [-0.2, -0.15) is 0 Å². The predicted molar refractivity (Wildman–Crippen MR) is 266 cm³/mol. The molecule has 366 valence electrons. The molecule has 0 fully saturated rings. The normalized spacial score (nSPS) is 12.0. The van der Waals surface area contributed by atoms with E-state index in [2.05, 4.69) is 32.9 Å². The van der Waals surface area contributed by atoms with Crippen LogP contribution in [0.15, 0.2) is 12.2 Å². The summed E-state index contributed by atoms with van der Waals surface area (Å²) >= 11 is 0. The van der Waals surface area contributed by atoms with Crippen molar-refractivity contribution in [3.63, 3.8) is 0 Å². The van der Waals surface area contributed by atoms with Crippen molar-refractivity contribution in [2.45, 2.75) is 316 Å². The quantitative estimate of drug-likeness (QED) is 0.0262. The van der Waals surface area contributed by atoms with Gasteiger partial charge in [0.1, 0.15) is 13.2 Å². The molecule has 0 heterocycles. The Kier molecular flexibility index (Phi) is 50.2. The molecule has 0 saturated carbocycles. The van der Waals surface area contributed by atoms with E-state index in [1.807, 2.05) is 0 Å². The molecular formula is C56H106O6. The molecule has 0 aromatic carbocycles. The molecule has 0 radical (unpaired) electrons. The fraction of sp³-hybridized carbons (Fsp3) is 0.911. The van der Waals surface area contributed by atoms with Crippen LogP contribution in [0, 0.1) is 0 Å². The van der Waals surface area contributed by atoms with E-state index >= 15 is 0 Å². The van der Waals surface area contributed by atoms with Crippen LogP contribution in [0.2, 0.25) is 0 Å². The second kappa shape index (κ2) is 51.8. The van der Waals surface area contributed by atoms with Crippen LogP contribution in [-0.2, 0) is 28.6 Å². The number of hydrogen-bond donors (Lipinski definition) is 0. The summed E-state index contributed by atoms with van der Waals surface area (Å²) < 4.78 is 16.8. The Morgan fingerprint density at radius 3 is 0.823 bits per heavy atom. The van der Waals surface area contributed by atoms with Gasteiger partial charge in [-0.1, -0.05) is 258 Å². The smallest absolute Gasteiger partial charge is 0.306 e. The molecule has 0 amide bonds. The number of unbranched alkanes of at least 4 members (excludes halogenated alkanes) is 38. The van der Waals surface area contributed by atoms with Crippen molar-refractivity contribution in [3.05, 3.63) is 12.2 Å². The molecule has 1 atom stereocenters. The van der Waals surface area contributed by atoms with Crippen LogP contribution in [-0.4, -0.2) is 37.2 Å². The van der Waals surface area contributed by atoms with Crippen LogP contribution in [0.5, 0.6) is 0 Å². The van der Waals surface area contributed by atoms with Gasteiger partial charge in [-0.3, -0.25) is 14.4 Å². The van der Waals surface area contributed by atoms with E-state index < -0.39 is 6.10 Å². The van der Waals surface area contributed by atoms with Crippen LogP contribution in [0.1, 0.15) is 310 Å². The molecular weight excluding hydrogens is 769 g/mol. The highest BCUT2D eigenvalue weighted by molar-refractivity contribution is 5.71. The van der Waals surface area contributed by atoms with E-state index in [1.54, 1.807) is 0 Å². The van der Waals surface area contributed by atoms with Crippen molar-refractivity contribution < 1.29 is 28.6 Å². The summed E-state index contributed by atoms with van der Waals surface area (Å²) in [4.78, 5) is 38.0. The number of carbonyl (C=O) groups is 3. The van der Waals surface area contributed by atoms with Crippen LogP contribution < -0.4 is 0 Å². The molecule has 0 aliphatic carbocycles. The number of ether oxygens (including phenoxy) is 3. The molecule has 0 N–H and O–H groups in total. The molecule has 0 aliphatic heterocycles. The van der Waals surface area contributed by atoms with Crippen LogP contribution in [0.4, 0.5) is 0 Å². The van der Waals surface area contributed by atoms with Crippen LogP contribution in [0.25, 0.3) is 0 Å². The molecule has 0 aromatic heterocycles. The Labute approximate surface area is 386 Å². The van der Waals surface area contributed by atoms with Crippen molar-refractivity contribution in [1.82, 2.24) is 0 Å². The zero-order chi connectivity index (χ0) is 45.1. The molecule has 0 aliphatic rings. The summed E-state index contributed by atoms with van der Waals surface area (Å²) in [6, 6.07) is 0. The third-order valence-electron chi connectivity index (χ3n) is 12.5. The molecule has 0 saturated heterocycles. The van der Waals surface area contributed by atoms with Gasteiger partial charge in [-0.15, -0.1) is 0 Å².